The van der Waals surface area contributed by atoms with Gasteiger partial charge in [0.1, 0.15) is 0 Å². The summed E-state index contributed by atoms with van der Waals surface area (Å²) in [5.74, 6) is 0. The number of aliphatic hydroxyl groups is 1. The molecule has 1 unspecified atom stereocenters. The second kappa shape index (κ2) is 6.87. The maximum absolute atomic E-state index is 10.2. The second-order valence-corrected chi connectivity index (χ2v) is 6.68. The zero-order valence-electron chi connectivity index (χ0n) is 11.7. The molecule has 0 saturated heterocycles. The van der Waals surface area contributed by atoms with Gasteiger partial charge in [-0.25, -0.2) is 0 Å². The van der Waals surface area contributed by atoms with E-state index in [1.807, 2.05) is 24.3 Å². The standard InChI is InChI=1S/C16H24BrNO/c1-2-16(8-3-4-9-16)12-18-11-15(19)13-6-5-7-14(17)10-13/h5-7,10,15,18-19H,2-4,8-9,11-12H2,1H3. The van der Waals surface area contributed by atoms with Crippen LogP contribution in [-0.2, 0) is 0 Å². The highest BCUT2D eigenvalue weighted by Crippen LogP contribution is 2.40. The molecular formula is C16H24BrNO. The third-order valence-electron chi connectivity index (χ3n) is 4.49. The first-order chi connectivity index (χ1) is 9.15. The van der Waals surface area contributed by atoms with Crippen molar-refractivity contribution < 1.29 is 5.11 Å². The lowest BCUT2D eigenvalue weighted by molar-refractivity contribution is 0.163. The third-order valence-corrected chi connectivity index (χ3v) is 4.98. The number of hydrogen-bond acceptors (Lipinski definition) is 2. The van der Waals surface area contributed by atoms with E-state index in [1.54, 1.807) is 0 Å². The summed E-state index contributed by atoms with van der Waals surface area (Å²) in [6.07, 6.45) is 6.22. The molecule has 1 aliphatic rings. The molecule has 1 aromatic carbocycles. The van der Waals surface area contributed by atoms with Crippen molar-refractivity contribution in [3.05, 3.63) is 34.3 Å². The minimum atomic E-state index is -0.423. The minimum Gasteiger partial charge on any atom is -0.387 e. The lowest BCUT2D eigenvalue weighted by Gasteiger charge is -2.28. The summed E-state index contributed by atoms with van der Waals surface area (Å²) >= 11 is 3.44. The number of aliphatic hydroxyl groups excluding tert-OH is 1. The number of rotatable bonds is 6. The fraction of sp³-hybridized carbons (Fsp3) is 0.625. The average molecular weight is 326 g/mol. The van der Waals surface area contributed by atoms with Gasteiger partial charge in [-0.05, 0) is 42.4 Å². The largest absolute Gasteiger partial charge is 0.387 e. The van der Waals surface area contributed by atoms with Crippen LogP contribution in [0.15, 0.2) is 28.7 Å². The Morgan fingerprint density at radius 3 is 2.74 bits per heavy atom. The van der Waals surface area contributed by atoms with E-state index in [4.69, 9.17) is 0 Å². The second-order valence-electron chi connectivity index (χ2n) is 5.76. The van der Waals surface area contributed by atoms with Crippen molar-refractivity contribution in [1.29, 1.82) is 0 Å². The molecule has 0 radical (unpaired) electrons. The molecule has 1 atom stereocenters. The molecule has 106 valence electrons. The minimum absolute atomic E-state index is 0.423. The molecule has 0 amide bonds. The smallest absolute Gasteiger partial charge is 0.0914 e. The van der Waals surface area contributed by atoms with Crippen molar-refractivity contribution in [1.82, 2.24) is 5.32 Å². The van der Waals surface area contributed by atoms with E-state index >= 15 is 0 Å². The highest BCUT2D eigenvalue weighted by Gasteiger charge is 2.31. The van der Waals surface area contributed by atoms with E-state index in [0.29, 0.717) is 12.0 Å². The molecule has 1 aliphatic carbocycles. The Kier molecular flexibility index (Phi) is 5.43. The molecule has 2 N–H and O–H groups in total. The van der Waals surface area contributed by atoms with Gasteiger partial charge in [0, 0.05) is 17.6 Å². The first kappa shape index (κ1) is 15.0. The lowest BCUT2D eigenvalue weighted by Crippen LogP contribution is -2.34. The van der Waals surface area contributed by atoms with E-state index in [-0.39, 0.29) is 0 Å². The molecule has 1 aromatic rings. The summed E-state index contributed by atoms with van der Waals surface area (Å²) in [5, 5.41) is 13.7. The molecule has 3 heteroatoms. The predicted octanol–water partition coefficient (Wildman–Crippen LogP) is 4.04. The first-order valence-corrected chi connectivity index (χ1v) is 8.09. The van der Waals surface area contributed by atoms with E-state index in [2.05, 4.69) is 28.2 Å². The van der Waals surface area contributed by atoms with Gasteiger partial charge in [-0.2, -0.15) is 0 Å². The summed E-state index contributed by atoms with van der Waals surface area (Å²) in [6.45, 7) is 3.96. The van der Waals surface area contributed by atoms with Gasteiger partial charge in [0.2, 0.25) is 0 Å². The Morgan fingerprint density at radius 2 is 2.11 bits per heavy atom. The Bertz CT molecular complexity index is 401. The Hall–Kier alpha value is -0.380. The summed E-state index contributed by atoms with van der Waals surface area (Å²) in [7, 11) is 0. The highest BCUT2D eigenvalue weighted by molar-refractivity contribution is 9.10. The maximum Gasteiger partial charge on any atom is 0.0914 e. The van der Waals surface area contributed by atoms with Gasteiger partial charge < -0.3 is 10.4 Å². The van der Waals surface area contributed by atoms with Crippen molar-refractivity contribution in [2.45, 2.75) is 45.1 Å². The summed E-state index contributed by atoms with van der Waals surface area (Å²) in [5.41, 5.74) is 1.45. The molecule has 1 fully saturated rings. The van der Waals surface area contributed by atoms with E-state index in [9.17, 15) is 5.11 Å². The van der Waals surface area contributed by atoms with Gasteiger partial charge in [0.05, 0.1) is 6.10 Å². The molecule has 0 spiro atoms. The summed E-state index contributed by atoms with van der Waals surface area (Å²) in [4.78, 5) is 0. The quantitative estimate of drug-likeness (QED) is 0.827. The molecule has 19 heavy (non-hydrogen) atoms. The van der Waals surface area contributed by atoms with Gasteiger partial charge in [-0.15, -0.1) is 0 Å². The van der Waals surface area contributed by atoms with Gasteiger partial charge in [-0.1, -0.05) is 47.8 Å². The van der Waals surface area contributed by atoms with Crippen LogP contribution >= 0.6 is 15.9 Å². The Morgan fingerprint density at radius 1 is 1.37 bits per heavy atom. The molecule has 0 aromatic heterocycles. The zero-order valence-corrected chi connectivity index (χ0v) is 13.2. The lowest BCUT2D eigenvalue weighted by atomic mass is 9.83. The number of hydrogen-bond donors (Lipinski definition) is 2. The molecule has 2 rings (SSSR count). The monoisotopic (exact) mass is 325 g/mol. The normalized spacial score (nSPS) is 19.5. The fourth-order valence-electron chi connectivity index (χ4n) is 3.09. The van der Waals surface area contributed by atoms with Crippen LogP contribution in [0.25, 0.3) is 0 Å². The van der Waals surface area contributed by atoms with Crippen LogP contribution in [0.1, 0.15) is 50.7 Å². The predicted molar refractivity (Wildman–Crippen MR) is 83.2 cm³/mol. The molecule has 0 heterocycles. The fourth-order valence-corrected chi connectivity index (χ4v) is 3.50. The third kappa shape index (κ3) is 4.04. The molecule has 0 aliphatic heterocycles. The van der Waals surface area contributed by atoms with Crippen LogP contribution < -0.4 is 5.32 Å². The summed E-state index contributed by atoms with van der Waals surface area (Å²) < 4.78 is 1.02. The van der Waals surface area contributed by atoms with Crippen molar-refractivity contribution in [3.8, 4) is 0 Å². The van der Waals surface area contributed by atoms with Gasteiger partial charge in [0.15, 0.2) is 0 Å². The SMILES string of the molecule is CCC1(CNCC(O)c2cccc(Br)c2)CCCC1. The van der Waals surface area contributed by atoms with Gasteiger partial charge in [-0.3, -0.25) is 0 Å². The zero-order chi connectivity index (χ0) is 13.7. The molecule has 2 nitrogen and oxygen atoms in total. The van der Waals surface area contributed by atoms with Crippen molar-refractivity contribution in [2.75, 3.05) is 13.1 Å². The van der Waals surface area contributed by atoms with Gasteiger partial charge >= 0.3 is 0 Å². The van der Waals surface area contributed by atoms with Crippen LogP contribution in [0.2, 0.25) is 0 Å². The van der Waals surface area contributed by atoms with E-state index < -0.39 is 6.10 Å². The number of nitrogens with one attached hydrogen (secondary N) is 1. The first-order valence-electron chi connectivity index (χ1n) is 7.29. The van der Waals surface area contributed by atoms with Crippen molar-refractivity contribution >= 4 is 15.9 Å². The number of halogens is 1. The maximum atomic E-state index is 10.2. The number of benzene rings is 1. The van der Waals surface area contributed by atoms with Crippen LogP contribution in [-0.4, -0.2) is 18.2 Å². The Labute approximate surface area is 124 Å². The van der Waals surface area contributed by atoms with Crippen LogP contribution in [0.4, 0.5) is 0 Å². The van der Waals surface area contributed by atoms with Crippen molar-refractivity contribution in [3.63, 3.8) is 0 Å². The van der Waals surface area contributed by atoms with Gasteiger partial charge in [0.25, 0.3) is 0 Å². The van der Waals surface area contributed by atoms with Crippen LogP contribution in [0, 0.1) is 5.41 Å². The molecule has 1 saturated carbocycles. The van der Waals surface area contributed by atoms with Crippen LogP contribution in [0.3, 0.4) is 0 Å². The van der Waals surface area contributed by atoms with E-state index in [0.717, 1.165) is 16.6 Å². The average Bonchev–Trinajstić information content (AvgIpc) is 2.88. The van der Waals surface area contributed by atoms with Crippen molar-refractivity contribution in [2.24, 2.45) is 5.41 Å². The molecular weight excluding hydrogens is 302 g/mol. The molecule has 0 bridgehead atoms. The van der Waals surface area contributed by atoms with Crippen LogP contribution in [0.5, 0.6) is 0 Å². The Balaban J connectivity index is 1.82. The topological polar surface area (TPSA) is 32.3 Å². The van der Waals surface area contributed by atoms with E-state index in [1.165, 1.54) is 32.1 Å². The highest BCUT2D eigenvalue weighted by atomic mass is 79.9. The summed E-state index contributed by atoms with van der Waals surface area (Å²) in [6, 6.07) is 7.90.